The molecule has 0 aliphatic heterocycles. The maximum absolute atomic E-state index is 14.0. The van der Waals surface area contributed by atoms with Gasteiger partial charge in [0.2, 0.25) is 0 Å². The lowest BCUT2D eigenvalue weighted by molar-refractivity contribution is 0.0175. The van der Waals surface area contributed by atoms with Crippen molar-refractivity contribution in [1.29, 1.82) is 0 Å². The molecule has 3 rings (SSSR count). The van der Waals surface area contributed by atoms with Crippen molar-refractivity contribution in [3.05, 3.63) is 66.0 Å². The molecule has 0 fully saturated rings. The van der Waals surface area contributed by atoms with Crippen LogP contribution in [-0.4, -0.2) is 9.55 Å². The molecular formula is C19H18F2N2. The summed E-state index contributed by atoms with van der Waals surface area (Å²) in [6.45, 7) is 8.60. The Labute approximate surface area is 134 Å². The monoisotopic (exact) mass is 312 g/mol. The summed E-state index contributed by atoms with van der Waals surface area (Å²) in [7, 11) is 0. The molecule has 2 aromatic carbocycles. The number of allylic oxidation sites excluding steroid dienone is 1. The molecule has 0 aliphatic rings. The molecule has 0 saturated carbocycles. The highest BCUT2D eigenvalue weighted by molar-refractivity contribution is 5.82. The lowest BCUT2D eigenvalue weighted by Crippen LogP contribution is -2.12. The lowest BCUT2D eigenvalue weighted by Gasteiger charge is -2.17. The number of benzene rings is 2. The third-order valence-electron chi connectivity index (χ3n) is 3.93. The number of fused-ring (bicyclic) bond motifs is 1. The second-order valence-corrected chi connectivity index (χ2v) is 5.88. The van der Waals surface area contributed by atoms with Crippen LogP contribution in [0.4, 0.5) is 8.78 Å². The third kappa shape index (κ3) is 2.65. The molecule has 0 unspecified atom stereocenters. The number of imidazole rings is 1. The highest BCUT2D eigenvalue weighted by atomic mass is 19.3. The SMILES string of the molecule is C=C(C)c1ccc2c(c1)nc(C)n2-c1ccccc1C(C)(F)F. The predicted molar refractivity (Wildman–Crippen MR) is 90.1 cm³/mol. The Morgan fingerprint density at radius 1 is 1.17 bits per heavy atom. The fraction of sp³-hybridized carbons (Fsp3) is 0.211. The van der Waals surface area contributed by atoms with Crippen LogP contribution in [0.2, 0.25) is 0 Å². The van der Waals surface area contributed by atoms with Crippen molar-refractivity contribution < 1.29 is 8.78 Å². The lowest BCUT2D eigenvalue weighted by atomic mass is 10.1. The summed E-state index contributed by atoms with van der Waals surface area (Å²) in [5, 5.41) is 0. The second-order valence-electron chi connectivity index (χ2n) is 5.88. The van der Waals surface area contributed by atoms with Crippen LogP contribution >= 0.6 is 0 Å². The van der Waals surface area contributed by atoms with E-state index in [1.54, 1.807) is 22.8 Å². The quantitative estimate of drug-likeness (QED) is 0.626. The minimum atomic E-state index is -2.92. The summed E-state index contributed by atoms with van der Waals surface area (Å²) in [5.41, 5.74) is 3.98. The van der Waals surface area contributed by atoms with Crippen molar-refractivity contribution in [2.45, 2.75) is 26.7 Å². The number of hydrogen-bond donors (Lipinski definition) is 0. The molecule has 4 heteroatoms. The molecule has 0 spiro atoms. The predicted octanol–water partition coefficient (Wildman–Crippen LogP) is 5.48. The van der Waals surface area contributed by atoms with Gasteiger partial charge in [0.15, 0.2) is 0 Å². The fourth-order valence-electron chi connectivity index (χ4n) is 2.81. The first-order valence-electron chi connectivity index (χ1n) is 7.41. The summed E-state index contributed by atoms with van der Waals surface area (Å²) >= 11 is 0. The second kappa shape index (κ2) is 5.30. The molecule has 0 atom stereocenters. The van der Waals surface area contributed by atoms with Crippen LogP contribution in [0.5, 0.6) is 0 Å². The average Bonchev–Trinajstić information content (AvgIpc) is 2.81. The van der Waals surface area contributed by atoms with Crippen LogP contribution in [0, 0.1) is 6.92 Å². The van der Waals surface area contributed by atoms with E-state index in [4.69, 9.17) is 0 Å². The number of nitrogens with zero attached hydrogens (tertiary/aromatic N) is 2. The van der Waals surface area contributed by atoms with Gasteiger partial charge in [-0.15, -0.1) is 0 Å². The smallest absolute Gasteiger partial charge is 0.272 e. The van der Waals surface area contributed by atoms with E-state index in [1.165, 1.54) is 6.07 Å². The first kappa shape index (κ1) is 15.4. The van der Waals surface area contributed by atoms with E-state index < -0.39 is 5.92 Å². The van der Waals surface area contributed by atoms with Gasteiger partial charge < -0.3 is 0 Å². The van der Waals surface area contributed by atoms with Crippen LogP contribution in [0.1, 0.15) is 30.8 Å². The fourth-order valence-corrected chi connectivity index (χ4v) is 2.81. The number of aromatic nitrogens is 2. The highest BCUT2D eigenvalue weighted by Gasteiger charge is 2.28. The molecule has 0 saturated heterocycles. The maximum Gasteiger partial charge on any atom is 0.272 e. The number of alkyl halides is 2. The molecule has 0 N–H and O–H groups in total. The number of hydrogen-bond acceptors (Lipinski definition) is 1. The summed E-state index contributed by atoms with van der Waals surface area (Å²) in [6.07, 6.45) is 0. The van der Waals surface area contributed by atoms with Gasteiger partial charge in [-0.1, -0.05) is 36.4 Å². The van der Waals surface area contributed by atoms with Crippen molar-refractivity contribution in [3.63, 3.8) is 0 Å². The summed E-state index contributed by atoms with van der Waals surface area (Å²) < 4.78 is 29.7. The van der Waals surface area contributed by atoms with Crippen molar-refractivity contribution in [3.8, 4) is 5.69 Å². The number of aryl methyl sites for hydroxylation is 1. The summed E-state index contributed by atoms with van der Waals surface area (Å²) in [4.78, 5) is 4.53. The molecular weight excluding hydrogens is 294 g/mol. The molecule has 1 heterocycles. The third-order valence-corrected chi connectivity index (χ3v) is 3.93. The molecule has 0 amide bonds. The largest absolute Gasteiger partial charge is 0.296 e. The van der Waals surface area contributed by atoms with Crippen LogP contribution in [0.25, 0.3) is 22.3 Å². The topological polar surface area (TPSA) is 17.8 Å². The van der Waals surface area contributed by atoms with Gasteiger partial charge in [0.25, 0.3) is 5.92 Å². The molecule has 0 aliphatic carbocycles. The normalized spacial score (nSPS) is 11.9. The first-order chi connectivity index (χ1) is 10.8. The highest BCUT2D eigenvalue weighted by Crippen LogP contribution is 2.34. The summed E-state index contributed by atoms with van der Waals surface area (Å²) in [5.74, 6) is -2.24. The van der Waals surface area contributed by atoms with E-state index in [0.29, 0.717) is 11.5 Å². The van der Waals surface area contributed by atoms with Gasteiger partial charge >= 0.3 is 0 Å². The molecule has 0 radical (unpaired) electrons. The Kier molecular flexibility index (Phi) is 3.55. The zero-order chi connectivity index (χ0) is 16.8. The minimum Gasteiger partial charge on any atom is -0.296 e. The molecule has 1 aromatic heterocycles. The van der Waals surface area contributed by atoms with Gasteiger partial charge in [-0.05, 0) is 37.6 Å². The van der Waals surface area contributed by atoms with Gasteiger partial charge in [-0.2, -0.15) is 0 Å². The van der Waals surface area contributed by atoms with E-state index in [9.17, 15) is 8.78 Å². The van der Waals surface area contributed by atoms with Crippen LogP contribution in [-0.2, 0) is 5.92 Å². The maximum atomic E-state index is 14.0. The van der Waals surface area contributed by atoms with Gasteiger partial charge in [-0.3, -0.25) is 4.57 Å². The summed E-state index contributed by atoms with van der Waals surface area (Å²) in [6, 6.07) is 12.3. The van der Waals surface area contributed by atoms with Gasteiger partial charge in [0, 0.05) is 12.5 Å². The van der Waals surface area contributed by atoms with E-state index in [-0.39, 0.29) is 5.56 Å². The van der Waals surface area contributed by atoms with E-state index >= 15 is 0 Å². The minimum absolute atomic E-state index is 0.00798. The molecule has 3 aromatic rings. The molecule has 118 valence electrons. The Morgan fingerprint density at radius 2 is 1.87 bits per heavy atom. The Bertz CT molecular complexity index is 901. The molecule has 0 bridgehead atoms. The van der Waals surface area contributed by atoms with E-state index in [1.807, 2.05) is 32.0 Å². The van der Waals surface area contributed by atoms with Crippen molar-refractivity contribution >= 4 is 16.6 Å². The van der Waals surface area contributed by atoms with Crippen molar-refractivity contribution in [2.75, 3.05) is 0 Å². The zero-order valence-corrected chi connectivity index (χ0v) is 13.4. The Morgan fingerprint density at radius 3 is 2.52 bits per heavy atom. The van der Waals surface area contributed by atoms with Gasteiger partial charge in [-0.25, -0.2) is 13.8 Å². The number of halogens is 2. The van der Waals surface area contributed by atoms with Crippen LogP contribution in [0.3, 0.4) is 0 Å². The van der Waals surface area contributed by atoms with Gasteiger partial charge in [0.1, 0.15) is 5.82 Å². The Balaban J connectivity index is 2.30. The van der Waals surface area contributed by atoms with Crippen molar-refractivity contribution in [2.24, 2.45) is 0 Å². The van der Waals surface area contributed by atoms with Crippen LogP contribution in [0.15, 0.2) is 49.0 Å². The number of para-hydroxylation sites is 1. The first-order valence-corrected chi connectivity index (χ1v) is 7.41. The standard InChI is InChI=1S/C19H18F2N2/c1-12(2)14-9-10-18-16(11-14)22-13(3)23(18)17-8-6-5-7-15(17)19(4,20)21/h5-11H,1H2,2-4H3. The van der Waals surface area contributed by atoms with E-state index in [0.717, 1.165) is 29.1 Å². The van der Waals surface area contributed by atoms with Gasteiger partial charge in [0.05, 0.1) is 16.7 Å². The van der Waals surface area contributed by atoms with Crippen molar-refractivity contribution in [1.82, 2.24) is 9.55 Å². The molecule has 23 heavy (non-hydrogen) atoms. The molecule has 2 nitrogen and oxygen atoms in total. The van der Waals surface area contributed by atoms with Crippen LogP contribution < -0.4 is 0 Å². The zero-order valence-electron chi connectivity index (χ0n) is 13.4. The van der Waals surface area contributed by atoms with E-state index in [2.05, 4.69) is 11.6 Å². The number of rotatable bonds is 3. The average molecular weight is 312 g/mol. The Hall–Kier alpha value is -2.49.